The Labute approximate surface area is 101 Å². The van der Waals surface area contributed by atoms with E-state index in [1.54, 1.807) is 16.8 Å². The average molecular weight is 247 g/mol. The fourth-order valence-corrected chi connectivity index (χ4v) is 2.99. The van der Waals surface area contributed by atoms with E-state index in [0.717, 1.165) is 16.0 Å². The number of hydrogen-bond donors (Lipinski definition) is 1. The molecule has 0 aliphatic rings. The Kier molecular flexibility index (Phi) is 2.16. The Balaban J connectivity index is 2.25. The van der Waals surface area contributed by atoms with E-state index in [9.17, 15) is 4.39 Å². The third-order valence-electron chi connectivity index (χ3n) is 2.65. The summed E-state index contributed by atoms with van der Waals surface area (Å²) in [6.45, 7) is 0. The molecule has 0 unspecified atom stereocenters. The first-order valence-corrected chi connectivity index (χ1v) is 5.95. The lowest BCUT2D eigenvalue weighted by Gasteiger charge is -1.95. The molecular formula is C12H10FN3S. The van der Waals surface area contributed by atoms with Crippen LogP contribution in [0.1, 0.15) is 0 Å². The number of nitrogens with zero attached hydrogens (tertiary/aromatic N) is 2. The normalized spacial score (nSPS) is 11.2. The Hall–Kier alpha value is -1.88. The summed E-state index contributed by atoms with van der Waals surface area (Å²) in [5, 5.41) is 4.99. The highest BCUT2D eigenvalue weighted by Gasteiger charge is 2.11. The van der Waals surface area contributed by atoms with E-state index >= 15 is 0 Å². The molecule has 0 spiro atoms. The molecule has 0 aliphatic carbocycles. The second-order valence-electron chi connectivity index (χ2n) is 3.85. The van der Waals surface area contributed by atoms with Crippen LogP contribution in [0.5, 0.6) is 0 Å². The molecule has 0 saturated carbocycles. The highest BCUT2D eigenvalue weighted by Crippen LogP contribution is 2.35. The highest BCUT2D eigenvalue weighted by molar-refractivity contribution is 7.22. The minimum Gasteiger partial charge on any atom is -0.382 e. The largest absolute Gasteiger partial charge is 0.382 e. The number of aryl methyl sites for hydroxylation is 1. The molecule has 3 aromatic rings. The number of hydrogen-bond acceptors (Lipinski definition) is 3. The molecule has 3 nitrogen and oxygen atoms in total. The Morgan fingerprint density at radius 3 is 2.82 bits per heavy atom. The standard InChI is InChI=1S/C12H10FN3S/c1-16-9(6-11(14)15-16)10-5-7-3-2-4-8(13)12(7)17-10/h2-6H,1H3,(H2,14,15). The maximum absolute atomic E-state index is 13.6. The maximum Gasteiger partial charge on any atom is 0.146 e. The van der Waals surface area contributed by atoms with E-state index in [0.29, 0.717) is 10.5 Å². The molecule has 5 heteroatoms. The molecule has 2 N–H and O–H groups in total. The van der Waals surface area contributed by atoms with Crippen molar-refractivity contribution in [2.45, 2.75) is 0 Å². The number of benzene rings is 1. The van der Waals surface area contributed by atoms with E-state index in [1.165, 1.54) is 17.4 Å². The first kappa shape index (κ1) is 10.3. The lowest BCUT2D eigenvalue weighted by Crippen LogP contribution is -1.93. The Morgan fingerprint density at radius 2 is 2.18 bits per heavy atom. The zero-order valence-electron chi connectivity index (χ0n) is 9.14. The minimum absolute atomic E-state index is 0.186. The van der Waals surface area contributed by atoms with Gasteiger partial charge in [0.1, 0.15) is 11.6 Å². The third kappa shape index (κ3) is 1.59. The summed E-state index contributed by atoms with van der Waals surface area (Å²) in [7, 11) is 1.83. The lowest BCUT2D eigenvalue weighted by molar-refractivity contribution is 0.642. The van der Waals surface area contributed by atoms with Gasteiger partial charge in [0.2, 0.25) is 0 Å². The fraction of sp³-hybridized carbons (Fsp3) is 0.0833. The van der Waals surface area contributed by atoms with Crippen LogP contribution in [-0.2, 0) is 7.05 Å². The van der Waals surface area contributed by atoms with Crippen LogP contribution in [0.3, 0.4) is 0 Å². The molecule has 2 aromatic heterocycles. The van der Waals surface area contributed by atoms with Crippen molar-refractivity contribution >= 4 is 27.2 Å². The molecule has 0 saturated heterocycles. The first-order chi connectivity index (χ1) is 8.15. The summed E-state index contributed by atoms with van der Waals surface area (Å²) in [6, 6.07) is 8.84. The second-order valence-corrected chi connectivity index (χ2v) is 4.90. The molecule has 3 rings (SSSR count). The maximum atomic E-state index is 13.6. The molecule has 0 bridgehead atoms. The van der Waals surface area contributed by atoms with Gasteiger partial charge in [-0.25, -0.2) is 4.39 Å². The van der Waals surface area contributed by atoms with E-state index < -0.39 is 0 Å². The van der Waals surface area contributed by atoms with Crippen molar-refractivity contribution in [3.63, 3.8) is 0 Å². The van der Waals surface area contributed by atoms with Crippen molar-refractivity contribution in [2.24, 2.45) is 7.05 Å². The van der Waals surface area contributed by atoms with Gasteiger partial charge < -0.3 is 5.73 Å². The summed E-state index contributed by atoms with van der Waals surface area (Å²) in [4.78, 5) is 0.969. The van der Waals surface area contributed by atoms with E-state index in [-0.39, 0.29) is 5.82 Å². The van der Waals surface area contributed by atoms with Crippen molar-refractivity contribution in [2.75, 3.05) is 5.73 Å². The van der Waals surface area contributed by atoms with Crippen LogP contribution in [0.25, 0.3) is 20.7 Å². The minimum atomic E-state index is -0.186. The number of fused-ring (bicyclic) bond motifs is 1. The first-order valence-electron chi connectivity index (χ1n) is 5.13. The van der Waals surface area contributed by atoms with Gasteiger partial charge in [-0.2, -0.15) is 5.10 Å². The van der Waals surface area contributed by atoms with Crippen molar-refractivity contribution in [1.29, 1.82) is 0 Å². The average Bonchev–Trinajstić information content (AvgIpc) is 2.82. The molecule has 17 heavy (non-hydrogen) atoms. The topological polar surface area (TPSA) is 43.8 Å². The van der Waals surface area contributed by atoms with Gasteiger partial charge in [-0.3, -0.25) is 4.68 Å². The number of rotatable bonds is 1. The summed E-state index contributed by atoms with van der Waals surface area (Å²) in [6.07, 6.45) is 0. The summed E-state index contributed by atoms with van der Waals surface area (Å²) in [5.74, 6) is 0.286. The van der Waals surface area contributed by atoms with Crippen LogP contribution >= 0.6 is 11.3 Å². The van der Waals surface area contributed by atoms with Gasteiger partial charge in [0.05, 0.1) is 15.3 Å². The van der Waals surface area contributed by atoms with Crippen LogP contribution in [-0.4, -0.2) is 9.78 Å². The van der Waals surface area contributed by atoms with E-state index in [1.807, 2.05) is 19.2 Å². The quantitative estimate of drug-likeness (QED) is 0.718. The van der Waals surface area contributed by atoms with Crippen molar-refractivity contribution in [3.05, 3.63) is 36.1 Å². The molecule has 0 radical (unpaired) electrons. The highest BCUT2D eigenvalue weighted by atomic mass is 32.1. The predicted molar refractivity (Wildman–Crippen MR) is 68.4 cm³/mol. The third-order valence-corrected chi connectivity index (χ3v) is 3.83. The molecular weight excluding hydrogens is 237 g/mol. The smallest absolute Gasteiger partial charge is 0.146 e. The SMILES string of the molecule is Cn1nc(N)cc1-c1cc2cccc(F)c2s1. The molecule has 0 fully saturated rings. The van der Waals surface area contributed by atoms with Crippen LogP contribution < -0.4 is 5.73 Å². The van der Waals surface area contributed by atoms with Gasteiger partial charge in [-0.1, -0.05) is 12.1 Å². The second kappa shape index (κ2) is 3.56. The van der Waals surface area contributed by atoms with Gasteiger partial charge in [-0.05, 0) is 17.5 Å². The van der Waals surface area contributed by atoms with Gasteiger partial charge in [0.15, 0.2) is 0 Å². The number of anilines is 1. The zero-order valence-corrected chi connectivity index (χ0v) is 9.96. The fourth-order valence-electron chi connectivity index (χ4n) is 1.87. The van der Waals surface area contributed by atoms with E-state index in [4.69, 9.17) is 5.73 Å². The lowest BCUT2D eigenvalue weighted by atomic mass is 10.2. The summed E-state index contributed by atoms with van der Waals surface area (Å²) >= 11 is 1.41. The van der Waals surface area contributed by atoms with Gasteiger partial charge in [0.25, 0.3) is 0 Å². The van der Waals surface area contributed by atoms with Gasteiger partial charge in [-0.15, -0.1) is 11.3 Å². The summed E-state index contributed by atoms with van der Waals surface area (Å²) < 4.78 is 16.0. The molecule has 1 aromatic carbocycles. The van der Waals surface area contributed by atoms with Crippen molar-refractivity contribution < 1.29 is 4.39 Å². The van der Waals surface area contributed by atoms with Crippen molar-refractivity contribution in [1.82, 2.24) is 9.78 Å². The van der Waals surface area contributed by atoms with Gasteiger partial charge in [0, 0.05) is 13.1 Å². The Bertz CT molecular complexity index is 699. The zero-order chi connectivity index (χ0) is 12.0. The Morgan fingerprint density at radius 1 is 1.35 bits per heavy atom. The van der Waals surface area contributed by atoms with Crippen LogP contribution in [0, 0.1) is 5.82 Å². The molecule has 2 heterocycles. The predicted octanol–water partition coefficient (Wildman–Crippen LogP) is 3.02. The number of nitrogens with two attached hydrogens (primary N) is 1. The molecule has 86 valence electrons. The van der Waals surface area contributed by atoms with Gasteiger partial charge >= 0.3 is 0 Å². The monoisotopic (exact) mass is 247 g/mol. The molecule has 0 aliphatic heterocycles. The molecule has 0 amide bonds. The number of thiophene rings is 1. The number of nitrogen functional groups attached to an aromatic ring is 1. The summed E-state index contributed by atoms with van der Waals surface area (Å²) in [5.41, 5.74) is 6.55. The van der Waals surface area contributed by atoms with E-state index in [2.05, 4.69) is 5.10 Å². The van der Waals surface area contributed by atoms with Crippen LogP contribution in [0.2, 0.25) is 0 Å². The van der Waals surface area contributed by atoms with Crippen LogP contribution in [0.4, 0.5) is 10.2 Å². The van der Waals surface area contributed by atoms with Crippen molar-refractivity contribution in [3.8, 4) is 10.6 Å². The number of aromatic nitrogens is 2. The number of halogens is 1. The molecule has 0 atom stereocenters. The van der Waals surface area contributed by atoms with Crippen LogP contribution in [0.15, 0.2) is 30.3 Å².